The van der Waals surface area contributed by atoms with Gasteiger partial charge in [0.25, 0.3) is 0 Å². The number of imidazole rings is 1. The van der Waals surface area contributed by atoms with E-state index in [0.29, 0.717) is 0 Å². The van der Waals surface area contributed by atoms with E-state index >= 15 is 0 Å². The van der Waals surface area contributed by atoms with Crippen LogP contribution in [0.2, 0.25) is 0 Å². The van der Waals surface area contributed by atoms with Gasteiger partial charge in [-0.2, -0.15) is 0 Å². The first-order valence-corrected chi connectivity index (χ1v) is 9.81. The fraction of sp³-hybridized carbons (Fsp3) is 0.474. The SMILES string of the molecule is O=C1NCCCC[C@H]1Sc1nc2c(n1-c1ccccc1)CCCC2. The number of aromatic nitrogens is 2. The molecule has 4 nitrogen and oxygen atoms in total. The van der Waals surface area contributed by atoms with E-state index in [-0.39, 0.29) is 11.2 Å². The number of hydrogen-bond acceptors (Lipinski definition) is 3. The van der Waals surface area contributed by atoms with Crippen LogP contribution in [0.4, 0.5) is 0 Å². The summed E-state index contributed by atoms with van der Waals surface area (Å²) in [5.74, 6) is 0.165. The fourth-order valence-electron chi connectivity index (χ4n) is 3.59. The molecule has 1 fully saturated rings. The van der Waals surface area contributed by atoms with E-state index in [1.54, 1.807) is 11.8 Å². The molecule has 1 aromatic carbocycles. The molecule has 1 aliphatic heterocycles. The van der Waals surface area contributed by atoms with Gasteiger partial charge in [-0.3, -0.25) is 9.36 Å². The predicted molar refractivity (Wildman–Crippen MR) is 96.7 cm³/mol. The molecular weight excluding hydrogens is 318 g/mol. The number of carbonyl (C=O) groups excluding carboxylic acids is 1. The number of rotatable bonds is 3. The van der Waals surface area contributed by atoms with Crippen LogP contribution in [0.3, 0.4) is 0 Å². The predicted octanol–water partition coefficient (Wildman–Crippen LogP) is 3.51. The lowest BCUT2D eigenvalue weighted by atomic mass is 10.0. The van der Waals surface area contributed by atoms with Gasteiger partial charge in [0.1, 0.15) is 0 Å². The highest BCUT2D eigenvalue weighted by Crippen LogP contribution is 2.34. The van der Waals surface area contributed by atoms with Gasteiger partial charge in [0.05, 0.1) is 10.9 Å². The summed E-state index contributed by atoms with van der Waals surface area (Å²) in [6.07, 6.45) is 7.68. The second-order valence-electron chi connectivity index (χ2n) is 6.56. The van der Waals surface area contributed by atoms with Crippen molar-refractivity contribution in [1.29, 1.82) is 0 Å². The Morgan fingerprint density at radius 3 is 2.79 bits per heavy atom. The van der Waals surface area contributed by atoms with Crippen molar-refractivity contribution in [2.24, 2.45) is 0 Å². The molecule has 1 aliphatic carbocycles. The van der Waals surface area contributed by atoms with Crippen LogP contribution < -0.4 is 5.32 Å². The molecule has 1 atom stereocenters. The Labute approximate surface area is 147 Å². The molecule has 2 aliphatic rings. The topological polar surface area (TPSA) is 46.9 Å². The largest absolute Gasteiger partial charge is 0.355 e. The number of nitrogens with one attached hydrogen (secondary N) is 1. The number of nitrogens with zero attached hydrogens (tertiary/aromatic N) is 2. The number of para-hydroxylation sites is 1. The second kappa shape index (κ2) is 7.01. The molecule has 0 bridgehead atoms. The van der Waals surface area contributed by atoms with E-state index in [1.807, 2.05) is 6.07 Å². The molecule has 5 heteroatoms. The average Bonchev–Trinajstić information content (AvgIpc) is 2.86. The molecule has 1 saturated heterocycles. The highest BCUT2D eigenvalue weighted by Gasteiger charge is 2.27. The maximum absolute atomic E-state index is 12.3. The molecular formula is C19H23N3OS. The van der Waals surface area contributed by atoms with Crippen LogP contribution in [0.1, 0.15) is 43.5 Å². The highest BCUT2D eigenvalue weighted by atomic mass is 32.2. The van der Waals surface area contributed by atoms with Crippen LogP contribution in [0.5, 0.6) is 0 Å². The molecule has 1 amide bonds. The maximum atomic E-state index is 12.3. The van der Waals surface area contributed by atoms with Gasteiger partial charge >= 0.3 is 0 Å². The number of aryl methyl sites for hydroxylation is 1. The average molecular weight is 341 g/mol. The van der Waals surface area contributed by atoms with Gasteiger partial charge in [0, 0.05) is 17.9 Å². The summed E-state index contributed by atoms with van der Waals surface area (Å²) in [7, 11) is 0. The monoisotopic (exact) mass is 341 g/mol. The number of benzene rings is 1. The molecule has 0 radical (unpaired) electrons. The summed E-state index contributed by atoms with van der Waals surface area (Å²) >= 11 is 1.64. The Kier molecular flexibility index (Phi) is 4.60. The third-order valence-corrected chi connectivity index (χ3v) is 6.07. The Balaban J connectivity index is 1.72. The number of amides is 1. The van der Waals surface area contributed by atoms with E-state index in [0.717, 1.165) is 49.5 Å². The van der Waals surface area contributed by atoms with E-state index in [2.05, 4.69) is 34.1 Å². The maximum Gasteiger partial charge on any atom is 0.233 e. The van der Waals surface area contributed by atoms with Gasteiger partial charge in [-0.25, -0.2) is 4.98 Å². The first kappa shape index (κ1) is 15.8. The summed E-state index contributed by atoms with van der Waals surface area (Å²) in [5, 5.41) is 3.99. The summed E-state index contributed by atoms with van der Waals surface area (Å²) in [6.45, 7) is 0.805. The minimum atomic E-state index is -0.0289. The van der Waals surface area contributed by atoms with Crippen LogP contribution in [0.25, 0.3) is 5.69 Å². The van der Waals surface area contributed by atoms with Crippen molar-refractivity contribution in [3.05, 3.63) is 41.7 Å². The number of hydrogen-bond donors (Lipinski definition) is 1. The smallest absolute Gasteiger partial charge is 0.233 e. The summed E-state index contributed by atoms with van der Waals surface area (Å²) in [4.78, 5) is 17.3. The van der Waals surface area contributed by atoms with Gasteiger partial charge in [-0.1, -0.05) is 36.4 Å². The van der Waals surface area contributed by atoms with Crippen molar-refractivity contribution in [2.45, 2.75) is 55.4 Å². The summed E-state index contributed by atoms with van der Waals surface area (Å²) in [6, 6.07) is 10.4. The quantitative estimate of drug-likeness (QED) is 0.929. The molecule has 4 rings (SSSR count). The van der Waals surface area contributed by atoms with Crippen molar-refractivity contribution >= 4 is 17.7 Å². The van der Waals surface area contributed by atoms with Gasteiger partial charge in [-0.05, 0) is 50.7 Å². The summed E-state index contributed by atoms with van der Waals surface area (Å²) < 4.78 is 2.29. The minimum absolute atomic E-state index is 0.0289. The second-order valence-corrected chi connectivity index (χ2v) is 7.73. The first-order chi connectivity index (χ1) is 11.8. The molecule has 0 unspecified atom stereocenters. The van der Waals surface area contributed by atoms with E-state index < -0.39 is 0 Å². The Morgan fingerprint density at radius 1 is 1.08 bits per heavy atom. The third kappa shape index (κ3) is 3.09. The molecule has 1 N–H and O–H groups in total. The molecule has 0 saturated carbocycles. The Morgan fingerprint density at radius 2 is 1.92 bits per heavy atom. The number of fused-ring (bicyclic) bond motifs is 1. The van der Waals surface area contributed by atoms with Crippen LogP contribution >= 0.6 is 11.8 Å². The van der Waals surface area contributed by atoms with Crippen LogP contribution in [0.15, 0.2) is 35.5 Å². The van der Waals surface area contributed by atoms with Crippen molar-refractivity contribution in [3.8, 4) is 5.69 Å². The molecule has 2 heterocycles. The number of thioether (sulfide) groups is 1. The van der Waals surface area contributed by atoms with Crippen LogP contribution in [-0.2, 0) is 17.6 Å². The van der Waals surface area contributed by atoms with Gasteiger partial charge in [0.15, 0.2) is 5.16 Å². The van der Waals surface area contributed by atoms with Crippen molar-refractivity contribution < 1.29 is 4.79 Å². The zero-order valence-corrected chi connectivity index (χ0v) is 14.6. The lowest BCUT2D eigenvalue weighted by Gasteiger charge is -2.17. The molecule has 126 valence electrons. The van der Waals surface area contributed by atoms with Gasteiger partial charge in [-0.15, -0.1) is 0 Å². The normalized spacial score (nSPS) is 21.0. The van der Waals surface area contributed by atoms with E-state index in [1.165, 1.54) is 24.2 Å². The zero-order chi connectivity index (χ0) is 16.4. The van der Waals surface area contributed by atoms with Gasteiger partial charge < -0.3 is 5.32 Å². The van der Waals surface area contributed by atoms with E-state index in [4.69, 9.17) is 4.98 Å². The standard InChI is InChI=1S/C19H23N3OS/c23-18-17(12-6-7-13-20-18)24-19-21-15-10-4-5-11-16(15)22(19)14-8-2-1-3-9-14/h1-3,8-9,17H,4-7,10-13H2,(H,20,23)/t17-/m1/s1. The zero-order valence-electron chi connectivity index (χ0n) is 13.8. The Bertz CT molecular complexity index is 726. The Hall–Kier alpha value is -1.75. The third-order valence-electron chi connectivity index (χ3n) is 4.85. The lowest BCUT2D eigenvalue weighted by Crippen LogP contribution is -2.30. The number of carbonyl (C=O) groups is 1. The molecule has 0 spiro atoms. The molecule has 2 aromatic rings. The van der Waals surface area contributed by atoms with Crippen molar-refractivity contribution in [3.63, 3.8) is 0 Å². The fourth-order valence-corrected chi connectivity index (χ4v) is 4.80. The van der Waals surface area contributed by atoms with Gasteiger partial charge in [0.2, 0.25) is 5.91 Å². The van der Waals surface area contributed by atoms with Crippen LogP contribution in [-0.4, -0.2) is 27.3 Å². The molecule has 24 heavy (non-hydrogen) atoms. The van der Waals surface area contributed by atoms with Crippen LogP contribution in [0, 0.1) is 0 Å². The molecule has 1 aromatic heterocycles. The highest BCUT2D eigenvalue weighted by molar-refractivity contribution is 8.00. The van der Waals surface area contributed by atoms with Crippen molar-refractivity contribution in [2.75, 3.05) is 6.54 Å². The lowest BCUT2D eigenvalue weighted by molar-refractivity contribution is -0.120. The summed E-state index contributed by atoms with van der Waals surface area (Å²) in [5.41, 5.74) is 3.72. The first-order valence-electron chi connectivity index (χ1n) is 8.93. The van der Waals surface area contributed by atoms with Crippen molar-refractivity contribution in [1.82, 2.24) is 14.9 Å². The van der Waals surface area contributed by atoms with E-state index in [9.17, 15) is 4.79 Å². The minimum Gasteiger partial charge on any atom is -0.355 e.